The maximum absolute atomic E-state index is 13.6. The van der Waals surface area contributed by atoms with Gasteiger partial charge >= 0.3 is 0 Å². The maximum atomic E-state index is 13.6. The minimum Gasteiger partial charge on any atom is -0.222 e. The molecule has 0 N–H and O–H groups in total. The second-order valence-electron chi connectivity index (χ2n) is 4.70. The first kappa shape index (κ1) is 14.0. The highest BCUT2D eigenvalue weighted by atomic mass is 19.1. The van der Waals surface area contributed by atoms with Crippen molar-refractivity contribution in [3.8, 4) is 0 Å². The third kappa shape index (κ3) is 3.45. The van der Waals surface area contributed by atoms with E-state index in [1.54, 1.807) is 0 Å². The lowest BCUT2D eigenvalue weighted by Crippen LogP contribution is -2.25. The van der Waals surface area contributed by atoms with Gasteiger partial charge < -0.3 is 0 Å². The summed E-state index contributed by atoms with van der Waals surface area (Å²) >= 11 is 0. The Morgan fingerprint density at radius 3 is 2.53 bits per heavy atom. The van der Waals surface area contributed by atoms with Crippen LogP contribution in [-0.4, -0.2) is 9.97 Å². The third-order valence-corrected chi connectivity index (χ3v) is 3.38. The Hall–Kier alpha value is -1.06. The number of hydrogen-bond acceptors (Lipinski definition) is 2. The van der Waals surface area contributed by atoms with Crippen LogP contribution in [0.4, 0.5) is 8.78 Å². The van der Waals surface area contributed by atoms with Crippen molar-refractivity contribution in [3.63, 3.8) is 0 Å². The van der Waals surface area contributed by atoms with E-state index in [2.05, 4.69) is 16.9 Å². The summed E-state index contributed by atoms with van der Waals surface area (Å²) in [6, 6.07) is 0. The van der Waals surface area contributed by atoms with Crippen molar-refractivity contribution in [3.05, 3.63) is 23.8 Å². The molecule has 0 fully saturated rings. The zero-order chi connectivity index (χ0) is 12.9. The van der Waals surface area contributed by atoms with Crippen LogP contribution >= 0.6 is 0 Å². The molecule has 0 aliphatic carbocycles. The van der Waals surface area contributed by atoms with Crippen molar-refractivity contribution in [1.29, 1.82) is 0 Å². The summed E-state index contributed by atoms with van der Waals surface area (Å²) in [5, 5.41) is 0. The molecule has 1 unspecified atom stereocenters. The average molecular weight is 242 g/mol. The molecule has 0 saturated carbocycles. The fourth-order valence-electron chi connectivity index (χ4n) is 1.96. The lowest BCUT2D eigenvalue weighted by Gasteiger charge is -2.27. The summed E-state index contributed by atoms with van der Waals surface area (Å²) in [5.74, 6) is -1.36. The van der Waals surface area contributed by atoms with Gasteiger partial charge in [-0.3, -0.25) is 0 Å². The second kappa shape index (κ2) is 6.03. The molecular formula is C13H20F2N2. The highest BCUT2D eigenvalue weighted by Gasteiger charge is 2.30. The molecule has 96 valence electrons. The number of hydrogen-bond donors (Lipinski definition) is 0. The van der Waals surface area contributed by atoms with Crippen molar-refractivity contribution in [2.24, 2.45) is 0 Å². The molecule has 1 atom stereocenters. The summed E-state index contributed by atoms with van der Waals surface area (Å²) in [5.41, 5.74) is -0.259. The number of unbranched alkanes of at least 4 members (excludes halogenated alkanes) is 2. The van der Waals surface area contributed by atoms with Crippen LogP contribution < -0.4 is 0 Å². The van der Waals surface area contributed by atoms with Gasteiger partial charge in [-0.2, -0.15) is 8.78 Å². The van der Waals surface area contributed by atoms with Gasteiger partial charge in [0.05, 0.1) is 6.20 Å². The van der Waals surface area contributed by atoms with Gasteiger partial charge in [0, 0.05) is 5.41 Å². The molecule has 0 radical (unpaired) electrons. The number of rotatable bonds is 6. The summed E-state index contributed by atoms with van der Waals surface area (Å²) < 4.78 is 26.7. The topological polar surface area (TPSA) is 25.8 Å². The second-order valence-corrected chi connectivity index (χ2v) is 4.70. The van der Waals surface area contributed by atoms with Crippen LogP contribution in [0.15, 0.2) is 6.20 Å². The lowest BCUT2D eigenvalue weighted by atomic mass is 9.79. The van der Waals surface area contributed by atoms with Crippen LogP contribution in [0.3, 0.4) is 0 Å². The molecule has 0 amide bonds. The number of aromatic nitrogens is 2. The summed E-state index contributed by atoms with van der Waals surface area (Å²) in [7, 11) is 0. The largest absolute Gasteiger partial charge is 0.235 e. The standard InChI is InChI=1S/C13H20F2N2/c1-4-6-7-8-13(3,5-2)11-12(15)16-9-10(14)17-11/h9H,4-8H2,1-3H3. The molecule has 1 aromatic heterocycles. The molecular weight excluding hydrogens is 222 g/mol. The Kier molecular flexibility index (Phi) is 4.97. The van der Waals surface area contributed by atoms with Crippen LogP contribution in [-0.2, 0) is 5.41 Å². The van der Waals surface area contributed by atoms with Crippen molar-refractivity contribution in [1.82, 2.24) is 9.97 Å². The summed E-state index contributed by atoms with van der Waals surface area (Å²) in [6.07, 6.45) is 5.56. The molecule has 2 nitrogen and oxygen atoms in total. The van der Waals surface area contributed by atoms with Gasteiger partial charge in [-0.25, -0.2) is 9.97 Å². The molecule has 17 heavy (non-hydrogen) atoms. The first-order chi connectivity index (χ1) is 8.03. The van der Waals surface area contributed by atoms with E-state index in [1.165, 1.54) is 0 Å². The Morgan fingerprint density at radius 2 is 1.94 bits per heavy atom. The van der Waals surface area contributed by atoms with Gasteiger partial charge in [-0.1, -0.05) is 40.0 Å². The summed E-state index contributed by atoms with van der Waals surface area (Å²) in [4.78, 5) is 7.11. The van der Waals surface area contributed by atoms with Crippen LogP contribution in [0.25, 0.3) is 0 Å². The third-order valence-electron chi connectivity index (χ3n) is 3.38. The van der Waals surface area contributed by atoms with E-state index in [0.29, 0.717) is 0 Å². The van der Waals surface area contributed by atoms with Crippen LogP contribution in [0.5, 0.6) is 0 Å². The summed E-state index contributed by atoms with van der Waals surface area (Å²) in [6.45, 7) is 6.01. The fraction of sp³-hybridized carbons (Fsp3) is 0.692. The Bertz CT molecular complexity index is 368. The number of halogens is 2. The van der Waals surface area contributed by atoms with Crippen molar-refractivity contribution in [2.45, 2.75) is 58.3 Å². The Balaban J connectivity index is 2.94. The highest BCUT2D eigenvalue weighted by molar-refractivity contribution is 5.13. The van der Waals surface area contributed by atoms with Gasteiger partial charge in [-0.05, 0) is 12.8 Å². The Morgan fingerprint density at radius 1 is 1.24 bits per heavy atom. The van der Waals surface area contributed by atoms with Gasteiger partial charge in [0.25, 0.3) is 0 Å². The van der Waals surface area contributed by atoms with E-state index < -0.39 is 17.3 Å². The van der Waals surface area contributed by atoms with Crippen LogP contribution in [0, 0.1) is 11.9 Å². The first-order valence-corrected chi connectivity index (χ1v) is 6.22. The van der Waals surface area contributed by atoms with Gasteiger partial charge in [0.15, 0.2) is 0 Å². The van der Waals surface area contributed by atoms with Crippen molar-refractivity contribution >= 4 is 0 Å². The average Bonchev–Trinajstić information content (AvgIpc) is 2.32. The normalized spacial score (nSPS) is 14.6. The fourth-order valence-corrected chi connectivity index (χ4v) is 1.96. The number of nitrogens with zero attached hydrogens (tertiary/aromatic N) is 2. The molecule has 0 saturated heterocycles. The molecule has 0 aliphatic rings. The smallest absolute Gasteiger partial charge is 0.222 e. The molecule has 1 aromatic rings. The quantitative estimate of drug-likeness (QED) is 0.704. The molecule has 4 heteroatoms. The van der Waals surface area contributed by atoms with E-state index in [0.717, 1.165) is 38.3 Å². The van der Waals surface area contributed by atoms with Crippen LogP contribution in [0.2, 0.25) is 0 Å². The SMILES string of the molecule is CCCCCC(C)(CC)c1nc(F)cnc1F. The van der Waals surface area contributed by atoms with Gasteiger partial charge in [0.1, 0.15) is 5.69 Å². The van der Waals surface area contributed by atoms with E-state index in [9.17, 15) is 8.78 Å². The van der Waals surface area contributed by atoms with Crippen molar-refractivity contribution in [2.75, 3.05) is 0 Å². The van der Waals surface area contributed by atoms with Gasteiger partial charge in [0.2, 0.25) is 11.9 Å². The predicted octanol–water partition coefficient (Wildman–Crippen LogP) is 4.00. The Labute approximate surface area is 101 Å². The van der Waals surface area contributed by atoms with Crippen molar-refractivity contribution < 1.29 is 8.78 Å². The predicted molar refractivity (Wildman–Crippen MR) is 63.7 cm³/mol. The molecule has 1 heterocycles. The van der Waals surface area contributed by atoms with Gasteiger partial charge in [-0.15, -0.1) is 0 Å². The maximum Gasteiger partial charge on any atom is 0.235 e. The minimum atomic E-state index is -0.712. The first-order valence-electron chi connectivity index (χ1n) is 6.22. The zero-order valence-corrected chi connectivity index (χ0v) is 10.8. The highest BCUT2D eigenvalue weighted by Crippen LogP contribution is 2.32. The monoisotopic (exact) mass is 242 g/mol. The minimum absolute atomic E-state index is 0.163. The van der Waals surface area contributed by atoms with E-state index in [4.69, 9.17) is 0 Å². The molecule has 0 spiro atoms. The molecule has 0 aliphatic heterocycles. The molecule has 1 rings (SSSR count). The molecule has 0 aromatic carbocycles. The lowest BCUT2D eigenvalue weighted by molar-refractivity contribution is 0.354. The molecule has 0 bridgehead atoms. The van der Waals surface area contributed by atoms with E-state index >= 15 is 0 Å². The van der Waals surface area contributed by atoms with E-state index in [1.807, 2.05) is 13.8 Å². The van der Waals surface area contributed by atoms with Crippen LogP contribution in [0.1, 0.15) is 58.6 Å². The zero-order valence-electron chi connectivity index (χ0n) is 10.8. The van der Waals surface area contributed by atoms with E-state index in [-0.39, 0.29) is 5.69 Å².